The van der Waals surface area contributed by atoms with E-state index in [-0.39, 0.29) is 18.4 Å². The Balaban J connectivity index is 2.13. The van der Waals surface area contributed by atoms with Crippen LogP contribution in [0.25, 0.3) is 0 Å². The first-order valence-electron chi connectivity index (χ1n) is 7.36. The van der Waals surface area contributed by atoms with E-state index in [0.717, 1.165) is 5.56 Å². The van der Waals surface area contributed by atoms with E-state index in [2.05, 4.69) is 5.32 Å². The van der Waals surface area contributed by atoms with Crippen LogP contribution in [0, 0.1) is 5.92 Å². The average molecular weight is 299 g/mol. The summed E-state index contributed by atoms with van der Waals surface area (Å²) in [6.07, 6.45) is -0.713. The molecule has 0 spiro atoms. The van der Waals surface area contributed by atoms with Gasteiger partial charge in [-0.2, -0.15) is 0 Å². The van der Waals surface area contributed by atoms with Crippen LogP contribution in [0.1, 0.15) is 18.6 Å². The largest absolute Gasteiger partial charge is 0.476 e. The third-order valence-corrected chi connectivity index (χ3v) is 3.27. The number of aliphatic hydroxyl groups is 1. The number of amides is 1. The summed E-state index contributed by atoms with van der Waals surface area (Å²) in [6.45, 7) is 2.32. The standard InChI is InChI=1S/C18H21NO3/c1-14(13-20)12-19-18(21)17(15-8-4-2-5-9-15)22-16-10-6-3-7-11-16/h2-11,14,17,20H,12-13H2,1H3,(H,19,21). The van der Waals surface area contributed by atoms with Crippen molar-refractivity contribution in [3.05, 3.63) is 66.2 Å². The molecule has 0 fully saturated rings. The van der Waals surface area contributed by atoms with Gasteiger partial charge in [0.1, 0.15) is 5.75 Å². The Morgan fingerprint density at radius 2 is 1.68 bits per heavy atom. The predicted molar refractivity (Wildman–Crippen MR) is 85.5 cm³/mol. The molecular weight excluding hydrogens is 278 g/mol. The Kier molecular flexibility index (Phi) is 5.98. The van der Waals surface area contributed by atoms with Crippen LogP contribution in [0.4, 0.5) is 0 Å². The Hall–Kier alpha value is -2.33. The maximum absolute atomic E-state index is 12.5. The van der Waals surface area contributed by atoms with Crippen LogP contribution in [-0.2, 0) is 4.79 Å². The van der Waals surface area contributed by atoms with E-state index >= 15 is 0 Å². The summed E-state index contributed by atoms with van der Waals surface area (Å²) >= 11 is 0. The minimum atomic E-state index is -0.713. The molecule has 2 aromatic rings. The lowest BCUT2D eigenvalue weighted by atomic mass is 10.1. The molecule has 0 radical (unpaired) electrons. The van der Waals surface area contributed by atoms with E-state index in [9.17, 15) is 4.79 Å². The van der Waals surface area contributed by atoms with Crippen LogP contribution in [0.2, 0.25) is 0 Å². The minimum absolute atomic E-state index is 0.0112. The molecular formula is C18H21NO3. The fraction of sp³-hybridized carbons (Fsp3) is 0.278. The summed E-state index contributed by atoms with van der Waals surface area (Å²) in [6, 6.07) is 18.6. The van der Waals surface area contributed by atoms with Gasteiger partial charge in [0.2, 0.25) is 6.10 Å². The van der Waals surface area contributed by atoms with Crippen LogP contribution >= 0.6 is 0 Å². The van der Waals surface area contributed by atoms with Crippen LogP contribution in [0.3, 0.4) is 0 Å². The van der Waals surface area contributed by atoms with Gasteiger partial charge in [-0.15, -0.1) is 0 Å². The first kappa shape index (κ1) is 16.0. The van der Waals surface area contributed by atoms with Crippen molar-refractivity contribution in [3.63, 3.8) is 0 Å². The molecule has 22 heavy (non-hydrogen) atoms. The van der Waals surface area contributed by atoms with E-state index in [1.807, 2.05) is 67.6 Å². The highest BCUT2D eigenvalue weighted by molar-refractivity contribution is 5.82. The van der Waals surface area contributed by atoms with Crippen molar-refractivity contribution in [2.75, 3.05) is 13.2 Å². The predicted octanol–water partition coefficient (Wildman–Crippen LogP) is 2.55. The lowest BCUT2D eigenvalue weighted by Gasteiger charge is -2.20. The normalized spacial score (nSPS) is 13.2. The monoisotopic (exact) mass is 299 g/mol. The highest BCUT2D eigenvalue weighted by Gasteiger charge is 2.22. The molecule has 4 nitrogen and oxygen atoms in total. The molecule has 2 rings (SSSR count). The zero-order valence-electron chi connectivity index (χ0n) is 12.6. The van der Waals surface area contributed by atoms with Gasteiger partial charge in [-0.1, -0.05) is 55.5 Å². The number of rotatable bonds is 7. The summed E-state index contributed by atoms with van der Waals surface area (Å²) in [4.78, 5) is 12.5. The first-order chi connectivity index (χ1) is 10.7. The van der Waals surface area contributed by atoms with E-state index in [1.54, 1.807) is 0 Å². The van der Waals surface area contributed by atoms with Crippen LogP contribution < -0.4 is 10.1 Å². The van der Waals surface area contributed by atoms with E-state index in [4.69, 9.17) is 9.84 Å². The third kappa shape index (κ3) is 4.60. The molecule has 2 aromatic carbocycles. The number of para-hydroxylation sites is 1. The number of nitrogens with one attached hydrogen (secondary N) is 1. The molecule has 4 heteroatoms. The van der Waals surface area contributed by atoms with Crippen molar-refractivity contribution in [1.29, 1.82) is 0 Å². The fourth-order valence-corrected chi connectivity index (χ4v) is 1.97. The number of aliphatic hydroxyl groups excluding tert-OH is 1. The second-order valence-electron chi connectivity index (χ2n) is 5.25. The van der Waals surface area contributed by atoms with Crippen molar-refractivity contribution in [2.45, 2.75) is 13.0 Å². The molecule has 116 valence electrons. The zero-order chi connectivity index (χ0) is 15.8. The Morgan fingerprint density at radius 1 is 1.09 bits per heavy atom. The number of benzene rings is 2. The number of carbonyl (C=O) groups is 1. The third-order valence-electron chi connectivity index (χ3n) is 3.27. The van der Waals surface area contributed by atoms with Gasteiger partial charge in [0.05, 0.1) is 0 Å². The highest BCUT2D eigenvalue weighted by atomic mass is 16.5. The lowest BCUT2D eigenvalue weighted by Crippen LogP contribution is -2.35. The second kappa shape index (κ2) is 8.20. The number of carbonyl (C=O) groups excluding carboxylic acids is 1. The van der Waals surface area contributed by atoms with Gasteiger partial charge < -0.3 is 15.2 Å². The van der Waals surface area contributed by atoms with Crippen LogP contribution in [-0.4, -0.2) is 24.2 Å². The van der Waals surface area contributed by atoms with Crippen LogP contribution in [0.5, 0.6) is 5.75 Å². The maximum Gasteiger partial charge on any atom is 0.265 e. The summed E-state index contributed by atoms with van der Waals surface area (Å²) < 4.78 is 5.85. The molecule has 0 aliphatic carbocycles. The smallest absolute Gasteiger partial charge is 0.265 e. The topological polar surface area (TPSA) is 58.6 Å². The van der Waals surface area contributed by atoms with Crippen molar-refractivity contribution in [2.24, 2.45) is 5.92 Å². The zero-order valence-corrected chi connectivity index (χ0v) is 12.6. The molecule has 0 aliphatic rings. The van der Waals surface area contributed by atoms with Gasteiger partial charge >= 0.3 is 0 Å². The first-order valence-corrected chi connectivity index (χ1v) is 7.36. The quantitative estimate of drug-likeness (QED) is 0.826. The Bertz CT molecular complexity index is 571. The molecule has 0 saturated carbocycles. The van der Waals surface area contributed by atoms with Crippen molar-refractivity contribution in [3.8, 4) is 5.75 Å². The molecule has 0 saturated heterocycles. The lowest BCUT2D eigenvalue weighted by molar-refractivity contribution is -0.128. The summed E-state index contributed by atoms with van der Waals surface area (Å²) in [5.74, 6) is 0.439. The minimum Gasteiger partial charge on any atom is -0.476 e. The van der Waals surface area contributed by atoms with Crippen molar-refractivity contribution in [1.82, 2.24) is 5.32 Å². The Morgan fingerprint density at radius 3 is 2.27 bits per heavy atom. The summed E-state index contributed by atoms with van der Waals surface area (Å²) in [5.41, 5.74) is 0.792. The maximum atomic E-state index is 12.5. The number of hydrogen-bond acceptors (Lipinski definition) is 3. The summed E-state index contributed by atoms with van der Waals surface area (Å²) in [7, 11) is 0. The summed E-state index contributed by atoms with van der Waals surface area (Å²) in [5, 5.41) is 11.9. The fourth-order valence-electron chi connectivity index (χ4n) is 1.97. The molecule has 2 unspecified atom stereocenters. The number of ether oxygens (including phenoxy) is 1. The van der Waals surface area contributed by atoms with Gasteiger partial charge in [-0.3, -0.25) is 4.79 Å². The molecule has 0 aliphatic heterocycles. The van der Waals surface area contributed by atoms with Gasteiger partial charge in [-0.25, -0.2) is 0 Å². The highest BCUT2D eigenvalue weighted by Crippen LogP contribution is 2.22. The second-order valence-corrected chi connectivity index (χ2v) is 5.25. The molecule has 1 amide bonds. The number of hydrogen-bond donors (Lipinski definition) is 2. The molecule has 2 atom stereocenters. The molecule has 0 bridgehead atoms. The van der Waals surface area contributed by atoms with Gasteiger partial charge in [0, 0.05) is 18.7 Å². The van der Waals surface area contributed by atoms with Crippen molar-refractivity contribution >= 4 is 5.91 Å². The van der Waals surface area contributed by atoms with E-state index in [1.165, 1.54) is 0 Å². The van der Waals surface area contributed by atoms with Gasteiger partial charge in [0.25, 0.3) is 5.91 Å². The average Bonchev–Trinajstić information content (AvgIpc) is 2.59. The van der Waals surface area contributed by atoms with Gasteiger partial charge in [-0.05, 0) is 18.1 Å². The van der Waals surface area contributed by atoms with E-state index < -0.39 is 6.10 Å². The molecule has 0 heterocycles. The molecule has 2 N–H and O–H groups in total. The van der Waals surface area contributed by atoms with Crippen molar-refractivity contribution < 1.29 is 14.6 Å². The van der Waals surface area contributed by atoms with E-state index in [0.29, 0.717) is 12.3 Å². The molecule has 0 aromatic heterocycles. The van der Waals surface area contributed by atoms with Crippen LogP contribution in [0.15, 0.2) is 60.7 Å². The Labute approximate surface area is 130 Å². The SMILES string of the molecule is CC(CO)CNC(=O)C(Oc1ccccc1)c1ccccc1. The van der Waals surface area contributed by atoms with Gasteiger partial charge in [0.15, 0.2) is 0 Å².